The van der Waals surface area contributed by atoms with Gasteiger partial charge in [-0.1, -0.05) is 0 Å². The summed E-state index contributed by atoms with van der Waals surface area (Å²) < 4.78 is 5.41. The van der Waals surface area contributed by atoms with Gasteiger partial charge in [0.25, 0.3) is 0 Å². The van der Waals surface area contributed by atoms with Crippen molar-refractivity contribution >= 4 is 5.97 Å². The summed E-state index contributed by atoms with van der Waals surface area (Å²) in [6.07, 6.45) is 9.68. The summed E-state index contributed by atoms with van der Waals surface area (Å²) in [4.78, 5) is 11.9. The summed E-state index contributed by atoms with van der Waals surface area (Å²) in [6.45, 7) is 0. The molecule has 0 aliphatic heterocycles. The fraction of sp³-hybridized carbons (Fsp3) is 0.706. The Hall–Kier alpha value is -1.25. The maximum atomic E-state index is 11.9. The average Bonchev–Trinajstić information content (AvgIpc) is 2.86. The van der Waals surface area contributed by atoms with Crippen molar-refractivity contribution in [3.05, 3.63) is 24.2 Å². The molecule has 20 heavy (non-hydrogen) atoms. The second-order valence-corrected chi connectivity index (χ2v) is 7.45. The molecule has 1 heterocycles. The molecule has 3 heteroatoms. The first kappa shape index (κ1) is 12.5. The van der Waals surface area contributed by atoms with Crippen molar-refractivity contribution in [3.8, 4) is 0 Å². The van der Waals surface area contributed by atoms with Crippen LogP contribution in [0.3, 0.4) is 0 Å². The average molecular weight is 274 g/mol. The molecule has 1 aromatic heterocycles. The predicted molar refractivity (Wildman–Crippen MR) is 74.1 cm³/mol. The number of carboxylic acid groups (broad SMARTS) is 1. The van der Waals surface area contributed by atoms with Gasteiger partial charge in [-0.25, -0.2) is 0 Å². The van der Waals surface area contributed by atoms with Crippen LogP contribution in [0.2, 0.25) is 0 Å². The highest BCUT2D eigenvalue weighted by atomic mass is 16.4. The Morgan fingerprint density at radius 1 is 1.25 bits per heavy atom. The van der Waals surface area contributed by atoms with Crippen LogP contribution in [0.4, 0.5) is 0 Å². The molecule has 1 unspecified atom stereocenters. The molecule has 0 amide bonds. The van der Waals surface area contributed by atoms with Crippen LogP contribution in [0, 0.1) is 29.1 Å². The first-order valence-corrected chi connectivity index (χ1v) is 7.90. The number of hydrogen-bond acceptors (Lipinski definition) is 2. The minimum Gasteiger partial charge on any atom is -0.481 e. The summed E-state index contributed by atoms with van der Waals surface area (Å²) in [7, 11) is 0. The van der Waals surface area contributed by atoms with E-state index in [1.807, 2.05) is 12.1 Å². The summed E-state index contributed by atoms with van der Waals surface area (Å²) in [6, 6.07) is 3.77. The van der Waals surface area contributed by atoms with Gasteiger partial charge in [0.2, 0.25) is 0 Å². The molecule has 4 saturated carbocycles. The predicted octanol–water partition coefficient (Wildman–Crippen LogP) is 3.74. The van der Waals surface area contributed by atoms with Crippen molar-refractivity contribution in [2.45, 2.75) is 44.9 Å². The lowest BCUT2D eigenvalue weighted by Crippen LogP contribution is -2.51. The Labute approximate surface area is 119 Å². The highest BCUT2D eigenvalue weighted by molar-refractivity contribution is 5.71. The van der Waals surface area contributed by atoms with E-state index in [0.29, 0.717) is 6.42 Å². The van der Waals surface area contributed by atoms with E-state index >= 15 is 0 Å². The SMILES string of the molecule is O=C(O)C(Cc1ccco1)C12CC3CC(CC(C3)C1)C2. The first-order chi connectivity index (χ1) is 9.64. The molecule has 3 nitrogen and oxygen atoms in total. The van der Waals surface area contributed by atoms with Gasteiger partial charge < -0.3 is 9.52 Å². The minimum absolute atomic E-state index is 0.0490. The van der Waals surface area contributed by atoms with E-state index in [4.69, 9.17) is 4.42 Å². The zero-order chi connectivity index (χ0) is 13.7. The molecular weight excluding hydrogens is 252 g/mol. The highest BCUT2D eigenvalue weighted by Gasteiger charge is 2.55. The van der Waals surface area contributed by atoms with E-state index in [0.717, 1.165) is 42.8 Å². The molecular formula is C17H22O3. The van der Waals surface area contributed by atoms with Crippen LogP contribution in [0.15, 0.2) is 22.8 Å². The van der Waals surface area contributed by atoms with E-state index in [1.165, 1.54) is 19.3 Å². The van der Waals surface area contributed by atoms with Crippen LogP contribution in [0.25, 0.3) is 0 Å². The van der Waals surface area contributed by atoms with Gasteiger partial charge in [-0.15, -0.1) is 0 Å². The van der Waals surface area contributed by atoms with E-state index in [2.05, 4.69) is 0 Å². The molecule has 0 aromatic carbocycles. The molecule has 5 rings (SSSR count). The van der Waals surface area contributed by atoms with Crippen LogP contribution in [-0.4, -0.2) is 11.1 Å². The maximum absolute atomic E-state index is 11.9. The molecule has 4 aliphatic carbocycles. The number of aliphatic carboxylic acids is 1. The number of hydrogen-bond donors (Lipinski definition) is 1. The van der Waals surface area contributed by atoms with Crippen molar-refractivity contribution < 1.29 is 14.3 Å². The normalized spacial score (nSPS) is 39.9. The lowest BCUT2D eigenvalue weighted by atomic mass is 9.46. The second-order valence-electron chi connectivity index (χ2n) is 7.45. The third kappa shape index (κ3) is 1.90. The summed E-state index contributed by atoms with van der Waals surface area (Å²) >= 11 is 0. The minimum atomic E-state index is -0.622. The first-order valence-electron chi connectivity index (χ1n) is 7.90. The van der Waals surface area contributed by atoms with Crippen LogP contribution in [0.1, 0.15) is 44.3 Å². The fourth-order valence-corrected chi connectivity index (χ4v) is 5.80. The smallest absolute Gasteiger partial charge is 0.307 e. The second kappa shape index (κ2) is 4.37. The summed E-state index contributed by atoms with van der Waals surface area (Å²) in [5.41, 5.74) is 0.0490. The molecule has 0 saturated heterocycles. The van der Waals surface area contributed by atoms with Crippen LogP contribution >= 0.6 is 0 Å². The topological polar surface area (TPSA) is 50.4 Å². The Bertz CT molecular complexity index is 467. The lowest BCUT2D eigenvalue weighted by molar-refractivity contribution is -0.157. The molecule has 0 radical (unpaired) electrons. The van der Waals surface area contributed by atoms with Crippen molar-refractivity contribution in [2.75, 3.05) is 0 Å². The fourth-order valence-electron chi connectivity index (χ4n) is 5.80. The Morgan fingerprint density at radius 3 is 2.30 bits per heavy atom. The Morgan fingerprint density at radius 2 is 1.85 bits per heavy atom. The summed E-state index contributed by atoms with van der Waals surface area (Å²) in [5.74, 6) is 2.32. The zero-order valence-corrected chi connectivity index (χ0v) is 11.8. The third-order valence-electron chi connectivity index (χ3n) is 6.11. The van der Waals surface area contributed by atoms with Gasteiger partial charge in [-0.05, 0) is 73.8 Å². The van der Waals surface area contributed by atoms with Crippen LogP contribution in [0.5, 0.6) is 0 Å². The van der Waals surface area contributed by atoms with Crippen molar-refractivity contribution in [2.24, 2.45) is 29.1 Å². The molecule has 108 valence electrons. The monoisotopic (exact) mass is 274 g/mol. The van der Waals surface area contributed by atoms with Crippen LogP contribution in [-0.2, 0) is 11.2 Å². The van der Waals surface area contributed by atoms with Crippen molar-refractivity contribution in [1.29, 1.82) is 0 Å². The Balaban J connectivity index is 1.64. The van der Waals surface area contributed by atoms with Crippen molar-refractivity contribution in [3.63, 3.8) is 0 Å². The van der Waals surface area contributed by atoms with Crippen molar-refractivity contribution in [1.82, 2.24) is 0 Å². The van der Waals surface area contributed by atoms with E-state index in [1.54, 1.807) is 6.26 Å². The zero-order valence-electron chi connectivity index (χ0n) is 11.8. The molecule has 4 aliphatic rings. The van der Waals surface area contributed by atoms with E-state index in [9.17, 15) is 9.90 Å². The molecule has 4 fully saturated rings. The molecule has 1 atom stereocenters. The molecule has 4 bridgehead atoms. The van der Waals surface area contributed by atoms with Gasteiger partial charge in [0.15, 0.2) is 0 Å². The van der Waals surface area contributed by atoms with E-state index in [-0.39, 0.29) is 11.3 Å². The van der Waals surface area contributed by atoms with Gasteiger partial charge in [-0.3, -0.25) is 4.79 Å². The molecule has 1 N–H and O–H groups in total. The van der Waals surface area contributed by atoms with Crippen LogP contribution < -0.4 is 0 Å². The van der Waals surface area contributed by atoms with Gasteiger partial charge in [0.1, 0.15) is 5.76 Å². The molecule has 0 spiro atoms. The maximum Gasteiger partial charge on any atom is 0.307 e. The Kier molecular flexibility index (Phi) is 2.73. The molecule has 1 aromatic rings. The number of carboxylic acids is 1. The standard InChI is InChI=1S/C17H22O3/c18-16(19)15(7-14-2-1-3-20-14)17-8-11-4-12(9-17)6-13(5-11)10-17/h1-3,11-13,15H,4-10H2,(H,18,19). The lowest BCUT2D eigenvalue weighted by Gasteiger charge is -2.58. The summed E-state index contributed by atoms with van der Waals surface area (Å²) in [5, 5.41) is 9.79. The van der Waals surface area contributed by atoms with Gasteiger partial charge in [0, 0.05) is 6.42 Å². The quantitative estimate of drug-likeness (QED) is 0.910. The van der Waals surface area contributed by atoms with E-state index < -0.39 is 5.97 Å². The number of rotatable bonds is 4. The number of carbonyl (C=O) groups is 1. The third-order valence-corrected chi connectivity index (χ3v) is 6.11. The largest absolute Gasteiger partial charge is 0.481 e. The van der Waals surface area contributed by atoms with Gasteiger partial charge >= 0.3 is 5.97 Å². The number of furan rings is 1. The van der Waals surface area contributed by atoms with Gasteiger partial charge in [0.05, 0.1) is 12.2 Å². The highest BCUT2D eigenvalue weighted by Crippen LogP contribution is 2.63. The van der Waals surface area contributed by atoms with Gasteiger partial charge in [-0.2, -0.15) is 0 Å².